The van der Waals surface area contributed by atoms with E-state index < -0.39 is 12.0 Å². The lowest BCUT2D eigenvalue weighted by atomic mass is 9.92. The predicted molar refractivity (Wildman–Crippen MR) is 253 cm³/mol. The molecular weight excluding hydrogens is 869 g/mol. The van der Waals surface area contributed by atoms with Crippen LogP contribution in [0.1, 0.15) is 62.1 Å². The van der Waals surface area contributed by atoms with Crippen LogP contribution in [-0.2, 0) is 44.4 Å². The van der Waals surface area contributed by atoms with Crippen LogP contribution in [-0.4, -0.2) is 70.4 Å². The highest BCUT2D eigenvalue weighted by atomic mass is 35.5. The number of aromatic nitrogens is 2. The van der Waals surface area contributed by atoms with Crippen molar-refractivity contribution >= 4 is 41.6 Å². The van der Waals surface area contributed by atoms with Crippen LogP contribution >= 0.6 is 23.2 Å². The van der Waals surface area contributed by atoms with Crippen LogP contribution in [0.15, 0.2) is 108 Å². The number of ether oxygens (including phenoxy) is 4. The molecule has 1 atom stereocenters. The second-order valence-electron chi connectivity index (χ2n) is 15.2. The standard InChI is InChI=1S/C50H51Cl2N5O8/c1-31-37(29-64-48-16-46(62-27-35-11-33(18-53-3)20-55-22-35)39(13-44(48)51)24-57-41(26-59)15-50(60)61)7-5-9-42(31)43-10-6-8-38(32(43)2)30-65-49-17-47(40(25-58)14-45(49)52)63-28-36-12-34(19-54-4)21-56-23-36/h5-14,16-23,41,57-59H,15,24-30H2,1-4H3,(H,60,61)/b53-18-,54-19-/t41-/m0/s1. The molecule has 15 heteroatoms. The molecule has 4 aromatic carbocycles. The maximum atomic E-state index is 11.4. The molecule has 0 radical (unpaired) electrons. The Bertz CT molecular complexity index is 2660. The number of aliphatic carboxylic acids is 1. The van der Waals surface area contributed by atoms with Gasteiger partial charge in [-0.05, 0) is 71.5 Å². The maximum Gasteiger partial charge on any atom is 0.305 e. The highest BCUT2D eigenvalue weighted by molar-refractivity contribution is 6.32. The van der Waals surface area contributed by atoms with Crippen LogP contribution in [0.2, 0.25) is 10.0 Å². The molecule has 0 aliphatic rings. The normalized spacial score (nSPS) is 11.9. The first-order chi connectivity index (χ1) is 31.5. The number of aliphatic hydroxyl groups excluding tert-OH is 2. The minimum absolute atomic E-state index is 0.178. The van der Waals surface area contributed by atoms with Crippen molar-refractivity contribution in [3.8, 4) is 34.1 Å². The number of aliphatic imine (C=N–C) groups is 2. The molecule has 65 heavy (non-hydrogen) atoms. The molecule has 0 spiro atoms. The Morgan fingerprint density at radius 3 is 1.60 bits per heavy atom. The van der Waals surface area contributed by atoms with Crippen molar-refractivity contribution in [2.24, 2.45) is 9.98 Å². The van der Waals surface area contributed by atoms with Crippen molar-refractivity contribution in [3.05, 3.63) is 163 Å². The summed E-state index contributed by atoms with van der Waals surface area (Å²) in [5.74, 6) is 0.699. The van der Waals surface area contributed by atoms with E-state index in [1.807, 2.05) is 36.4 Å². The minimum atomic E-state index is -1.03. The highest BCUT2D eigenvalue weighted by Gasteiger charge is 2.18. The molecule has 0 saturated carbocycles. The third kappa shape index (κ3) is 13.1. The van der Waals surface area contributed by atoms with Gasteiger partial charge in [0.15, 0.2) is 0 Å². The van der Waals surface area contributed by atoms with Crippen molar-refractivity contribution in [2.45, 2.75) is 65.9 Å². The fourth-order valence-electron chi connectivity index (χ4n) is 7.08. The number of carbonyl (C=O) groups is 1. The number of carboxylic acid groups (broad SMARTS) is 1. The zero-order chi connectivity index (χ0) is 46.3. The second-order valence-corrected chi connectivity index (χ2v) is 16.0. The lowest BCUT2D eigenvalue weighted by Gasteiger charge is -2.19. The van der Waals surface area contributed by atoms with Crippen molar-refractivity contribution in [1.29, 1.82) is 0 Å². The van der Waals surface area contributed by atoms with E-state index in [1.165, 1.54) is 0 Å². The van der Waals surface area contributed by atoms with Crippen LogP contribution in [0.5, 0.6) is 23.0 Å². The smallest absolute Gasteiger partial charge is 0.305 e. The van der Waals surface area contributed by atoms with Crippen LogP contribution < -0.4 is 24.3 Å². The number of carboxylic acids is 1. The highest BCUT2D eigenvalue weighted by Crippen LogP contribution is 2.37. The molecule has 4 N–H and O–H groups in total. The number of pyridine rings is 2. The molecule has 6 rings (SSSR count). The SMILES string of the molecule is C/N=C\c1cncc(COc2cc(OCc3cccc(-c4cccc(COc5cc(OCc6cncc(/C=N\C)c6)c(CN[C@H](CO)CC(=O)O)cc5Cl)c4C)c3C)c(Cl)cc2CO)c1. The number of nitrogens with one attached hydrogen (secondary N) is 1. The molecule has 0 unspecified atom stereocenters. The monoisotopic (exact) mass is 919 g/mol. The van der Waals surface area contributed by atoms with Gasteiger partial charge in [0.2, 0.25) is 0 Å². The van der Waals surface area contributed by atoms with Crippen LogP contribution in [0.4, 0.5) is 0 Å². The van der Waals surface area contributed by atoms with E-state index in [1.54, 1.807) is 75.6 Å². The molecule has 2 aromatic heterocycles. The summed E-state index contributed by atoms with van der Waals surface area (Å²) in [4.78, 5) is 28.0. The van der Waals surface area contributed by atoms with E-state index in [0.717, 1.165) is 55.6 Å². The predicted octanol–water partition coefficient (Wildman–Crippen LogP) is 8.90. The average Bonchev–Trinajstić information content (AvgIpc) is 3.30. The first-order valence-corrected chi connectivity index (χ1v) is 21.5. The quantitative estimate of drug-likeness (QED) is 0.0479. The molecule has 0 aliphatic carbocycles. The van der Waals surface area contributed by atoms with Gasteiger partial charge in [0, 0.05) is 109 Å². The van der Waals surface area contributed by atoms with Crippen LogP contribution in [0.3, 0.4) is 0 Å². The van der Waals surface area contributed by atoms with E-state index in [2.05, 4.69) is 51.2 Å². The van der Waals surface area contributed by atoms with Gasteiger partial charge in [-0.1, -0.05) is 59.6 Å². The molecule has 0 bridgehead atoms. The summed E-state index contributed by atoms with van der Waals surface area (Å²) in [6.45, 7) is 4.49. The Balaban J connectivity index is 1.18. The summed E-state index contributed by atoms with van der Waals surface area (Å²) in [5, 5.41) is 32.9. The van der Waals surface area contributed by atoms with Gasteiger partial charge in [0.05, 0.1) is 29.7 Å². The molecule has 0 aliphatic heterocycles. The summed E-state index contributed by atoms with van der Waals surface area (Å²) < 4.78 is 25.1. The third-order valence-corrected chi connectivity index (χ3v) is 11.1. The largest absolute Gasteiger partial charge is 0.488 e. The third-order valence-electron chi connectivity index (χ3n) is 10.5. The van der Waals surface area contributed by atoms with Gasteiger partial charge < -0.3 is 39.6 Å². The fraction of sp³-hybridized carbons (Fsp3) is 0.260. The van der Waals surface area contributed by atoms with Gasteiger partial charge in [0.25, 0.3) is 0 Å². The van der Waals surface area contributed by atoms with E-state index >= 15 is 0 Å². The summed E-state index contributed by atoms with van der Waals surface area (Å²) in [7, 11) is 3.38. The van der Waals surface area contributed by atoms with E-state index in [9.17, 15) is 20.1 Å². The topological polar surface area (TPSA) is 177 Å². The van der Waals surface area contributed by atoms with E-state index in [-0.39, 0.29) is 52.6 Å². The number of halogens is 2. The first kappa shape index (κ1) is 48.1. The Morgan fingerprint density at radius 2 is 1.14 bits per heavy atom. The van der Waals surface area contributed by atoms with Crippen LogP contribution in [0.25, 0.3) is 11.1 Å². The summed E-state index contributed by atoms with van der Waals surface area (Å²) in [6, 6.07) is 22.1. The van der Waals surface area contributed by atoms with Gasteiger partial charge in [-0.25, -0.2) is 0 Å². The molecule has 338 valence electrons. The van der Waals surface area contributed by atoms with Crippen LogP contribution in [0, 0.1) is 13.8 Å². The summed E-state index contributed by atoms with van der Waals surface area (Å²) in [5.41, 5.74) is 10.5. The lowest BCUT2D eigenvalue weighted by molar-refractivity contribution is -0.137. The minimum Gasteiger partial charge on any atom is -0.488 e. The number of hydrogen-bond acceptors (Lipinski definition) is 12. The Hall–Kier alpha value is -6.35. The van der Waals surface area contributed by atoms with Crippen molar-refractivity contribution in [1.82, 2.24) is 15.3 Å². The van der Waals surface area contributed by atoms with Crippen molar-refractivity contribution in [2.75, 3.05) is 20.7 Å². The van der Waals surface area contributed by atoms with E-state index in [4.69, 9.17) is 42.1 Å². The number of nitrogens with zero attached hydrogens (tertiary/aromatic N) is 4. The summed E-state index contributed by atoms with van der Waals surface area (Å²) >= 11 is 13.5. The number of aliphatic hydroxyl groups is 2. The lowest BCUT2D eigenvalue weighted by Crippen LogP contribution is -2.34. The number of rotatable bonds is 22. The first-order valence-electron chi connectivity index (χ1n) is 20.7. The second kappa shape index (κ2) is 23.5. The molecule has 0 saturated heterocycles. The van der Waals surface area contributed by atoms with Crippen molar-refractivity contribution in [3.63, 3.8) is 0 Å². The molecule has 0 fully saturated rings. The molecule has 6 aromatic rings. The maximum absolute atomic E-state index is 11.4. The Labute approximate surface area is 388 Å². The van der Waals surface area contributed by atoms with Gasteiger partial charge in [0.1, 0.15) is 49.4 Å². The van der Waals surface area contributed by atoms with Gasteiger partial charge in [-0.3, -0.25) is 24.7 Å². The molecule has 2 heterocycles. The zero-order valence-corrected chi connectivity index (χ0v) is 38.1. The zero-order valence-electron chi connectivity index (χ0n) is 36.6. The number of benzene rings is 4. The summed E-state index contributed by atoms with van der Waals surface area (Å²) in [6.07, 6.45) is 10.0. The molecular formula is C50H51Cl2N5O8. The molecule has 13 nitrogen and oxygen atoms in total. The number of hydrogen-bond donors (Lipinski definition) is 4. The Kier molecular flexibility index (Phi) is 17.4. The fourth-order valence-corrected chi connectivity index (χ4v) is 7.56. The van der Waals surface area contributed by atoms with Gasteiger partial charge >= 0.3 is 5.97 Å². The van der Waals surface area contributed by atoms with Gasteiger partial charge in [-0.2, -0.15) is 0 Å². The van der Waals surface area contributed by atoms with E-state index in [0.29, 0.717) is 44.2 Å². The average molecular weight is 921 g/mol. The van der Waals surface area contributed by atoms with Crippen molar-refractivity contribution < 1.29 is 39.1 Å². The molecule has 0 amide bonds. The van der Waals surface area contributed by atoms with Gasteiger partial charge in [-0.15, -0.1) is 0 Å². The Morgan fingerprint density at radius 1 is 0.662 bits per heavy atom.